The highest BCUT2D eigenvalue weighted by Gasteiger charge is 2.15. The highest BCUT2D eigenvalue weighted by molar-refractivity contribution is 5.25. The van der Waals surface area contributed by atoms with Crippen molar-refractivity contribution in [3.8, 4) is 0 Å². The predicted molar refractivity (Wildman–Crippen MR) is 78.8 cm³/mol. The van der Waals surface area contributed by atoms with E-state index in [2.05, 4.69) is 51.0 Å². The van der Waals surface area contributed by atoms with Crippen LogP contribution in [0.2, 0.25) is 0 Å². The van der Waals surface area contributed by atoms with Crippen LogP contribution in [0.25, 0.3) is 0 Å². The van der Waals surface area contributed by atoms with E-state index in [4.69, 9.17) is 0 Å². The molecular weight excluding hydrogens is 220 g/mol. The van der Waals surface area contributed by atoms with Crippen molar-refractivity contribution in [2.75, 3.05) is 6.54 Å². The summed E-state index contributed by atoms with van der Waals surface area (Å²) in [5, 5.41) is 3.64. The number of nitrogens with one attached hydrogen (secondary N) is 1. The minimum Gasteiger partial charge on any atom is -0.309 e. The summed E-state index contributed by atoms with van der Waals surface area (Å²) in [7, 11) is 0. The maximum Gasteiger partial charge on any atom is 0.0602 e. The number of aryl methyl sites for hydroxylation is 2. The Hall–Kier alpha value is -0.890. The summed E-state index contributed by atoms with van der Waals surface area (Å²) in [4.78, 5) is 4.65. The molecule has 102 valence electrons. The quantitative estimate of drug-likeness (QED) is 0.783. The highest BCUT2D eigenvalue weighted by Crippen LogP contribution is 2.22. The van der Waals surface area contributed by atoms with Crippen molar-refractivity contribution in [3.63, 3.8) is 0 Å². The lowest BCUT2D eigenvalue weighted by molar-refractivity contribution is 0.432. The lowest BCUT2D eigenvalue weighted by atomic mass is 9.98. The van der Waals surface area contributed by atoms with Crippen LogP contribution in [0.1, 0.15) is 62.9 Å². The van der Waals surface area contributed by atoms with Crippen LogP contribution in [0.5, 0.6) is 0 Å². The Kier molecular flexibility index (Phi) is 6.34. The third-order valence-electron chi connectivity index (χ3n) is 3.26. The number of nitrogens with zero attached hydrogens (tertiary/aromatic N) is 1. The summed E-state index contributed by atoms with van der Waals surface area (Å²) in [6.45, 7) is 12.1. The van der Waals surface area contributed by atoms with Gasteiger partial charge in [-0.2, -0.15) is 0 Å². The average molecular weight is 248 g/mol. The van der Waals surface area contributed by atoms with Gasteiger partial charge in [0.25, 0.3) is 0 Å². The van der Waals surface area contributed by atoms with E-state index in [1.807, 2.05) is 6.20 Å². The smallest absolute Gasteiger partial charge is 0.0602 e. The molecule has 2 nitrogen and oxygen atoms in total. The normalized spacial score (nSPS) is 13.0. The first-order valence-electron chi connectivity index (χ1n) is 7.21. The van der Waals surface area contributed by atoms with Gasteiger partial charge in [-0.1, -0.05) is 26.8 Å². The van der Waals surface area contributed by atoms with Gasteiger partial charge in [-0.3, -0.25) is 4.98 Å². The molecule has 0 aliphatic carbocycles. The Morgan fingerprint density at radius 1 is 1.22 bits per heavy atom. The largest absolute Gasteiger partial charge is 0.309 e. The van der Waals surface area contributed by atoms with Crippen molar-refractivity contribution in [2.24, 2.45) is 5.92 Å². The van der Waals surface area contributed by atoms with Gasteiger partial charge in [0.05, 0.1) is 5.69 Å². The maximum absolute atomic E-state index is 4.65. The molecule has 18 heavy (non-hydrogen) atoms. The molecule has 0 aliphatic heterocycles. The van der Waals surface area contributed by atoms with Crippen LogP contribution in [0.15, 0.2) is 12.3 Å². The molecular formula is C16H28N2. The molecule has 1 aromatic rings. The van der Waals surface area contributed by atoms with Gasteiger partial charge in [-0.25, -0.2) is 0 Å². The van der Waals surface area contributed by atoms with E-state index in [1.165, 1.54) is 36.1 Å². The van der Waals surface area contributed by atoms with Crippen LogP contribution in [0.3, 0.4) is 0 Å². The SMILES string of the molecule is CCCNC(CCC(C)C)c1ncc(C)cc1C. The third-order valence-corrected chi connectivity index (χ3v) is 3.26. The molecule has 1 aromatic heterocycles. The van der Waals surface area contributed by atoms with Crippen molar-refractivity contribution < 1.29 is 0 Å². The van der Waals surface area contributed by atoms with E-state index in [-0.39, 0.29) is 0 Å². The molecule has 2 heteroatoms. The van der Waals surface area contributed by atoms with Gasteiger partial charge < -0.3 is 5.32 Å². The Morgan fingerprint density at radius 2 is 1.94 bits per heavy atom. The fraction of sp³-hybridized carbons (Fsp3) is 0.688. The Balaban J connectivity index is 2.79. The molecule has 0 aromatic carbocycles. The first-order valence-corrected chi connectivity index (χ1v) is 7.21. The van der Waals surface area contributed by atoms with Crippen molar-refractivity contribution >= 4 is 0 Å². The fourth-order valence-corrected chi connectivity index (χ4v) is 2.24. The molecule has 0 spiro atoms. The first kappa shape index (κ1) is 15.2. The van der Waals surface area contributed by atoms with Gasteiger partial charge in [-0.05, 0) is 56.7 Å². The predicted octanol–water partition coefficient (Wildman–Crippen LogP) is 4.18. The molecule has 1 unspecified atom stereocenters. The topological polar surface area (TPSA) is 24.9 Å². The second-order valence-electron chi connectivity index (χ2n) is 5.69. The first-order chi connectivity index (χ1) is 8.54. The van der Waals surface area contributed by atoms with Gasteiger partial charge in [0.15, 0.2) is 0 Å². The van der Waals surface area contributed by atoms with Crippen molar-refractivity contribution in [3.05, 3.63) is 29.1 Å². The van der Waals surface area contributed by atoms with E-state index < -0.39 is 0 Å². The molecule has 0 fully saturated rings. The molecule has 1 atom stereocenters. The van der Waals surface area contributed by atoms with Gasteiger partial charge >= 0.3 is 0 Å². The van der Waals surface area contributed by atoms with E-state index in [0.29, 0.717) is 6.04 Å². The second kappa shape index (κ2) is 7.52. The molecule has 0 aliphatic rings. The van der Waals surface area contributed by atoms with Crippen LogP contribution >= 0.6 is 0 Å². The summed E-state index contributed by atoms with van der Waals surface area (Å²) in [6.07, 6.45) is 5.58. The summed E-state index contributed by atoms with van der Waals surface area (Å²) in [5.74, 6) is 0.752. The zero-order chi connectivity index (χ0) is 13.5. The maximum atomic E-state index is 4.65. The lowest BCUT2D eigenvalue weighted by Gasteiger charge is -2.21. The van der Waals surface area contributed by atoms with Gasteiger partial charge in [0.1, 0.15) is 0 Å². The Bertz CT molecular complexity index is 358. The van der Waals surface area contributed by atoms with Crippen molar-refractivity contribution in [2.45, 2.75) is 59.9 Å². The monoisotopic (exact) mass is 248 g/mol. The number of rotatable bonds is 7. The van der Waals surface area contributed by atoms with Crippen LogP contribution < -0.4 is 5.32 Å². The van der Waals surface area contributed by atoms with Gasteiger partial charge in [0, 0.05) is 12.2 Å². The average Bonchev–Trinajstić information content (AvgIpc) is 2.30. The van der Waals surface area contributed by atoms with E-state index >= 15 is 0 Å². The lowest BCUT2D eigenvalue weighted by Crippen LogP contribution is -2.24. The van der Waals surface area contributed by atoms with E-state index in [0.717, 1.165) is 12.5 Å². The number of hydrogen-bond donors (Lipinski definition) is 1. The molecule has 0 bridgehead atoms. The molecule has 1 N–H and O–H groups in total. The van der Waals surface area contributed by atoms with Crippen LogP contribution in [-0.2, 0) is 0 Å². The zero-order valence-electron chi connectivity index (χ0n) is 12.6. The Labute approximate surface area is 112 Å². The van der Waals surface area contributed by atoms with Crippen LogP contribution in [0.4, 0.5) is 0 Å². The summed E-state index contributed by atoms with van der Waals surface area (Å²) < 4.78 is 0. The molecule has 0 saturated heterocycles. The third kappa shape index (κ3) is 4.77. The number of pyridine rings is 1. The zero-order valence-corrected chi connectivity index (χ0v) is 12.6. The molecule has 1 rings (SSSR count). The number of hydrogen-bond acceptors (Lipinski definition) is 2. The second-order valence-corrected chi connectivity index (χ2v) is 5.69. The Morgan fingerprint density at radius 3 is 2.50 bits per heavy atom. The highest BCUT2D eigenvalue weighted by atomic mass is 14.9. The summed E-state index contributed by atoms with van der Waals surface area (Å²) in [6, 6.07) is 2.64. The fourth-order valence-electron chi connectivity index (χ4n) is 2.24. The van der Waals surface area contributed by atoms with Gasteiger partial charge in [0.2, 0.25) is 0 Å². The standard InChI is InChI=1S/C16H28N2/c1-6-9-17-15(8-7-12(2)3)16-14(5)10-13(4)11-18-16/h10-12,15,17H,6-9H2,1-5H3. The minimum absolute atomic E-state index is 0.410. The molecule has 0 amide bonds. The van der Waals surface area contributed by atoms with Crippen molar-refractivity contribution in [1.29, 1.82) is 0 Å². The van der Waals surface area contributed by atoms with E-state index in [9.17, 15) is 0 Å². The molecule has 1 heterocycles. The summed E-state index contributed by atoms with van der Waals surface area (Å²) in [5.41, 5.74) is 3.79. The number of aromatic nitrogens is 1. The molecule has 0 radical (unpaired) electrons. The van der Waals surface area contributed by atoms with E-state index in [1.54, 1.807) is 0 Å². The minimum atomic E-state index is 0.410. The van der Waals surface area contributed by atoms with Crippen LogP contribution in [0, 0.1) is 19.8 Å². The molecule has 0 saturated carbocycles. The summed E-state index contributed by atoms with van der Waals surface area (Å²) >= 11 is 0. The van der Waals surface area contributed by atoms with Gasteiger partial charge in [-0.15, -0.1) is 0 Å². The van der Waals surface area contributed by atoms with Crippen LogP contribution in [-0.4, -0.2) is 11.5 Å². The van der Waals surface area contributed by atoms with Crippen molar-refractivity contribution in [1.82, 2.24) is 10.3 Å².